The molecule has 0 aromatic carbocycles. The minimum Gasteiger partial charge on any atom is -0.504 e. The summed E-state index contributed by atoms with van der Waals surface area (Å²) in [5.74, 6) is 0.418. The summed E-state index contributed by atoms with van der Waals surface area (Å²) >= 11 is 0. The van der Waals surface area contributed by atoms with Crippen LogP contribution in [0.15, 0.2) is 5.57 Å². The summed E-state index contributed by atoms with van der Waals surface area (Å²) in [6, 6.07) is 0. The zero-order chi connectivity index (χ0) is 18.3. The van der Waals surface area contributed by atoms with Crippen LogP contribution in [0.25, 0.3) is 6.08 Å². The summed E-state index contributed by atoms with van der Waals surface area (Å²) in [6.45, 7) is 12.5. The average molecular weight is 333 g/mol. The van der Waals surface area contributed by atoms with Crippen LogP contribution in [0.5, 0.6) is 5.75 Å². The third-order valence-electron chi connectivity index (χ3n) is 3.93. The second-order valence-electron chi connectivity index (χ2n) is 8.14. The SMILES string of the molecule is CON1CCC(=Cc2nc(C(C)(C)C)c(O)c(C(C)(C)C)n2)C1=O. The molecule has 2 rings (SSSR count). The van der Waals surface area contributed by atoms with Crippen molar-refractivity contribution < 1.29 is 14.7 Å². The molecule has 0 spiro atoms. The number of carbonyl (C=O) groups is 1. The number of hydrogen-bond acceptors (Lipinski definition) is 5. The fraction of sp³-hybridized carbons (Fsp3) is 0.611. The molecule has 0 radical (unpaired) electrons. The molecule has 0 unspecified atom stereocenters. The highest BCUT2D eigenvalue weighted by Gasteiger charge is 2.30. The third-order valence-corrected chi connectivity index (χ3v) is 3.93. The number of rotatable bonds is 2. The minimum absolute atomic E-state index is 0.133. The van der Waals surface area contributed by atoms with E-state index >= 15 is 0 Å². The van der Waals surface area contributed by atoms with E-state index in [0.717, 1.165) is 0 Å². The van der Waals surface area contributed by atoms with E-state index < -0.39 is 0 Å². The molecular formula is C18H27N3O3. The van der Waals surface area contributed by atoms with Crippen molar-refractivity contribution >= 4 is 12.0 Å². The van der Waals surface area contributed by atoms with Crippen molar-refractivity contribution in [1.82, 2.24) is 15.0 Å². The zero-order valence-corrected chi connectivity index (χ0v) is 15.6. The lowest BCUT2D eigenvalue weighted by molar-refractivity contribution is -0.164. The lowest BCUT2D eigenvalue weighted by Gasteiger charge is -2.25. The molecule has 1 aliphatic rings. The van der Waals surface area contributed by atoms with Gasteiger partial charge in [-0.05, 0) is 12.5 Å². The maximum Gasteiger partial charge on any atom is 0.273 e. The largest absolute Gasteiger partial charge is 0.504 e. The predicted octanol–water partition coefficient (Wildman–Crippen LogP) is 2.95. The number of hydrogen-bond donors (Lipinski definition) is 1. The molecule has 1 amide bonds. The molecule has 1 N–H and O–H groups in total. The van der Waals surface area contributed by atoms with Crippen molar-refractivity contribution in [3.05, 3.63) is 22.8 Å². The highest BCUT2D eigenvalue weighted by Crippen LogP contribution is 2.36. The van der Waals surface area contributed by atoms with Gasteiger partial charge in [-0.25, -0.2) is 15.0 Å². The first-order valence-corrected chi connectivity index (χ1v) is 8.13. The van der Waals surface area contributed by atoms with Crippen LogP contribution in [-0.2, 0) is 20.5 Å². The van der Waals surface area contributed by atoms with Crippen LogP contribution < -0.4 is 0 Å². The van der Waals surface area contributed by atoms with Crippen molar-refractivity contribution in [2.75, 3.05) is 13.7 Å². The van der Waals surface area contributed by atoms with Gasteiger partial charge in [0.25, 0.3) is 5.91 Å². The van der Waals surface area contributed by atoms with E-state index in [2.05, 4.69) is 9.97 Å². The smallest absolute Gasteiger partial charge is 0.273 e. The van der Waals surface area contributed by atoms with Crippen LogP contribution in [0.4, 0.5) is 0 Å². The van der Waals surface area contributed by atoms with Crippen molar-refractivity contribution in [1.29, 1.82) is 0 Å². The molecule has 132 valence electrons. The Hall–Kier alpha value is -1.95. The summed E-state index contributed by atoms with van der Waals surface area (Å²) in [4.78, 5) is 26.3. The van der Waals surface area contributed by atoms with Crippen LogP contribution in [-0.4, -0.2) is 39.7 Å². The first-order chi connectivity index (χ1) is 10.9. The van der Waals surface area contributed by atoms with E-state index in [9.17, 15) is 9.90 Å². The molecular weight excluding hydrogens is 306 g/mol. The third kappa shape index (κ3) is 3.59. The molecule has 1 aromatic rings. The Labute approximate surface area is 143 Å². The Morgan fingerprint density at radius 3 is 1.96 bits per heavy atom. The van der Waals surface area contributed by atoms with Gasteiger partial charge in [0.15, 0.2) is 11.6 Å². The molecule has 6 nitrogen and oxygen atoms in total. The molecule has 2 heterocycles. The topological polar surface area (TPSA) is 75.6 Å². The lowest BCUT2D eigenvalue weighted by atomic mass is 9.85. The van der Waals surface area contributed by atoms with E-state index in [-0.39, 0.29) is 22.5 Å². The number of aromatic nitrogens is 2. The van der Waals surface area contributed by atoms with Gasteiger partial charge in [-0.3, -0.25) is 9.63 Å². The highest BCUT2D eigenvalue weighted by atomic mass is 16.7. The monoisotopic (exact) mass is 333 g/mol. The number of amides is 1. The van der Waals surface area contributed by atoms with E-state index in [1.54, 1.807) is 6.08 Å². The molecule has 0 atom stereocenters. The first-order valence-electron chi connectivity index (χ1n) is 8.13. The maximum atomic E-state index is 12.2. The van der Waals surface area contributed by atoms with Gasteiger partial charge in [-0.15, -0.1) is 0 Å². The quantitative estimate of drug-likeness (QED) is 0.842. The molecule has 0 bridgehead atoms. The van der Waals surface area contributed by atoms with Gasteiger partial charge < -0.3 is 5.11 Å². The number of nitrogens with zero attached hydrogens (tertiary/aromatic N) is 3. The fourth-order valence-corrected chi connectivity index (χ4v) is 2.64. The van der Waals surface area contributed by atoms with Crippen molar-refractivity contribution in [3.8, 4) is 5.75 Å². The van der Waals surface area contributed by atoms with Gasteiger partial charge in [0.1, 0.15) is 0 Å². The average Bonchev–Trinajstić information content (AvgIpc) is 2.78. The number of aromatic hydroxyl groups is 1. The Bertz CT molecular complexity index is 647. The molecule has 1 saturated heterocycles. The van der Waals surface area contributed by atoms with Gasteiger partial charge in [-0.2, -0.15) is 0 Å². The Morgan fingerprint density at radius 2 is 1.58 bits per heavy atom. The van der Waals surface area contributed by atoms with Gasteiger partial charge in [0, 0.05) is 16.4 Å². The molecule has 0 saturated carbocycles. The van der Waals surface area contributed by atoms with Crippen LogP contribution in [0.3, 0.4) is 0 Å². The van der Waals surface area contributed by atoms with E-state index in [1.165, 1.54) is 12.2 Å². The van der Waals surface area contributed by atoms with Crippen LogP contribution in [0, 0.1) is 0 Å². The number of hydroxylamine groups is 2. The second-order valence-corrected chi connectivity index (χ2v) is 8.14. The lowest BCUT2D eigenvalue weighted by Crippen LogP contribution is -2.23. The second kappa shape index (κ2) is 6.16. The predicted molar refractivity (Wildman–Crippen MR) is 92.4 cm³/mol. The van der Waals surface area contributed by atoms with Crippen molar-refractivity contribution in [3.63, 3.8) is 0 Å². The van der Waals surface area contributed by atoms with Crippen molar-refractivity contribution in [2.45, 2.75) is 58.8 Å². The van der Waals surface area contributed by atoms with Gasteiger partial charge >= 0.3 is 0 Å². The van der Waals surface area contributed by atoms with E-state index in [4.69, 9.17) is 4.84 Å². The van der Waals surface area contributed by atoms with Gasteiger partial charge in [0.05, 0.1) is 25.0 Å². The summed E-state index contributed by atoms with van der Waals surface area (Å²) in [5.41, 5.74) is 1.12. The van der Waals surface area contributed by atoms with E-state index in [1.807, 2.05) is 41.5 Å². The summed E-state index contributed by atoms with van der Waals surface area (Å²) in [5, 5.41) is 12.0. The Balaban J connectivity index is 2.58. The summed E-state index contributed by atoms with van der Waals surface area (Å²) in [7, 11) is 1.48. The van der Waals surface area contributed by atoms with E-state index in [0.29, 0.717) is 35.8 Å². The zero-order valence-electron chi connectivity index (χ0n) is 15.6. The van der Waals surface area contributed by atoms with Crippen LogP contribution in [0.1, 0.15) is 65.2 Å². The first kappa shape index (κ1) is 18.4. The fourth-order valence-electron chi connectivity index (χ4n) is 2.64. The Kier molecular flexibility index (Phi) is 4.72. The molecule has 1 aromatic heterocycles. The molecule has 0 aliphatic carbocycles. The number of carbonyl (C=O) groups excluding carboxylic acids is 1. The molecule has 6 heteroatoms. The molecule has 24 heavy (non-hydrogen) atoms. The Morgan fingerprint density at radius 1 is 1.08 bits per heavy atom. The van der Waals surface area contributed by atoms with Gasteiger partial charge in [-0.1, -0.05) is 41.5 Å². The standard InChI is InChI=1S/C18H27N3O3/c1-17(2,3)14-13(22)15(18(4,5)6)20-12(19-14)10-11-8-9-21(24-7)16(11)23/h10,22H,8-9H2,1-7H3. The normalized spacial score (nSPS) is 17.9. The van der Waals surface area contributed by atoms with Crippen LogP contribution in [0.2, 0.25) is 0 Å². The van der Waals surface area contributed by atoms with Crippen LogP contribution >= 0.6 is 0 Å². The molecule has 1 fully saturated rings. The van der Waals surface area contributed by atoms with Gasteiger partial charge in [0.2, 0.25) is 0 Å². The highest BCUT2D eigenvalue weighted by molar-refractivity contribution is 5.98. The van der Waals surface area contributed by atoms with Crippen molar-refractivity contribution in [2.24, 2.45) is 0 Å². The summed E-state index contributed by atoms with van der Waals surface area (Å²) < 4.78 is 0. The summed E-state index contributed by atoms with van der Waals surface area (Å²) in [6.07, 6.45) is 2.29. The molecule has 1 aliphatic heterocycles. The maximum absolute atomic E-state index is 12.2. The minimum atomic E-state index is -0.335.